The summed E-state index contributed by atoms with van der Waals surface area (Å²) in [5.74, 6) is -0.337. The third kappa shape index (κ3) is 2.95. The minimum Gasteiger partial charge on any atom is -0.349 e. The van der Waals surface area contributed by atoms with E-state index in [1.54, 1.807) is 13.0 Å². The highest BCUT2D eigenvalue weighted by Gasteiger charge is 2.13. The van der Waals surface area contributed by atoms with Gasteiger partial charge in [-0.05, 0) is 42.3 Å². The molecule has 4 nitrogen and oxygen atoms in total. The van der Waals surface area contributed by atoms with Crippen LogP contribution in [0.2, 0.25) is 0 Å². The topological polar surface area (TPSA) is 62.0 Å². The van der Waals surface area contributed by atoms with Gasteiger partial charge >= 0.3 is 0 Å². The van der Waals surface area contributed by atoms with Crippen molar-refractivity contribution >= 4 is 21.8 Å². The molecule has 0 spiro atoms. The third-order valence-electron chi connectivity index (χ3n) is 2.41. The number of H-pyrrole nitrogens is 1. The first-order valence-electron chi connectivity index (χ1n) is 5.16. The molecule has 16 heavy (non-hydrogen) atoms. The Morgan fingerprint density at radius 2 is 2.25 bits per heavy atom. The van der Waals surface area contributed by atoms with E-state index in [4.69, 9.17) is 0 Å². The summed E-state index contributed by atoms with van der Waals surface area (Å²) < 4.78 is 0.724. The van der Waals surface area contributed by atoms with E-state index >= 15 is 0 Å². The number of carbonyl (C=O) groups excluding carboxylic acids is 1. The van der Waals surface area contributed by atoms with Gasteiger partial charge < -0.3 is 10.3 Å². The van der Waals surface area contributed by atoms with E-state index < -0.39 is 0 Å². The number of aromatic amines is 1. The number of carbonyl (C=O) groups is 1. The Labute approximate surface area is 103 Å². The first kappa shape index (κ1) is 13.0. The van der Waals surface area contributed by atoms with E-state index in [0.717, 1.165) is 10.9 Å². The lowest BCUT2D eigenvalue weighted by molar-refractivity contribution is 0.0937. The molecule has 1 atom stereocenters. The summed E-state index contributed by atoms with van der Waals surface area (Å²) in [5.41, 5.74) is 0.490. The number of halogens is 1. The number of nitrogens with one attached hydrogen (secondary N) is 2. The molecule has 2 N–H and O–H groups in total. The number of aromatic nitrogens is 1. The Balaban J connectivity index is 3.01. The van der Waals surface area contributed by atoms with E-state index in [0.29, 0.717) is 5.69 Å². The molecule has 0 bridgehead atoms. The molecule has 1 heterocycles. The maximum atomic E-state index is 11.7. The zero-order valence-electron chi connectivity index (χ0n) is 9.56. The maximum absolute atomic E-state index is 11.7. The lowest BCUT2D eigenvalue weighted by atomic mass is 10.2. The summed E-state index contributed by atoms with van der Waals surface area (Å²) in [7, 11) is 0. The number of hydrogen-bond acceptors (Lipinski definition) is 2. The molecule has 1 aromatic heterocycles. The Bertz CT molecular complexity index is 454. The molecule has 1 amide bonds. The second-order valence-corrected chi connectivity index (χ2v) is 4.62. The van der Waals surface area contributed by atoms with Crippen LogP contribution < -0.4 is 10.9 Å². The highest BCUT2D eigenvalue weighted by atomic mass is 79.9. The summed E-state index contributed by atoms with van der Waals surface area (Å²) in [6.45, 7) is 5.64. The molecule has 0 unspecified atom stereocenters. The zero-order chi connectivity index (χ0) is 12.3. The van der Waals surface area contributed by atoms with Gasteiger partial charge in [0.1, 0.15) is 5.56 Å². The predicted molar refractivity (Wildman–Crippen MR) is 66.7 cm³/mol. The van der Waals surface area contributed by atoms with Crippen molar-refractivity contribution in [3.63, 3.8) is 0 Å². The number of amides is 1. The first-order chi connectivity index (χ1) is 7.45. The van der Waals surface area contributed by atoms with Gasteiger partial charge in [-0.2, -0.15) is 0 Å². The lowest BCUT2D eigenvalue weighted by Crippen LogP contribution is -2.35. The van der Waals surface area contributed by atoms with Crippen LogP contribution in [0, 0.1) is 6.92 Å². The summed E-state index contributed by atoms with van der Waals surface area (Å²) in [6.07, 6.45) is 0.830. The van der Waals surface area contributed by atoms with Crippen LogP contribution in [0.3, 0.4) is 0 Å². The zero-order valence-corrected chi connectivity index (χ0v) is 11.1. The quantitative estimate of drug-likeness (QED) is 0.893. The molecule has 88 valence electrons. The first-order valence-corrected chi connectivity index (χ1v) is 5.95. The number of rotatable bonds is 3. The SMILES string of the molecule is CC[C@@H](C)NC(=O)c1cc(Br)c(C)[nH]c1=O. The van der Waals surface area contributed by atoms with Gasteiger partial charge in [-0.25, -0.2) is 0 Å². The molecule has 0 aliphatic heterocycles. The van der Waals surface area contributed by atoms with Crippen LogP contribution in [-0.4, -0.2) is 16.9 Å². The third-order valence-corrected chi connectivity index (χ3v) is 3.23. The van der Waals surface area contributed by atoms with Crippen molar-refractivity contribution < 1.29 is 4.79 Å². The fraction of sp³-hybridized carbons (Fsp3) is 0.455. The molecule has 1 aromatic rings. The summed E-state index contributed by atoms with van der Waals surface area (Å²) >= 11 is 3.28. The van der Waals surface area contributed by atoms with Crippen LogP contribution in [0.1, 0.15) is 36.3 Å². The van der Waals surface area contributed by atoms with Gasteiger partial charge in [0.2, 0.25) is 0 Å². The van der Waals surface area contributed by atoms with E-state index in [2.05, 4.69) is 26.2 Å². The minimum absolute atomic E-state index is 0.0620. The normalized spacial score (nSPS) is 12.2. The van der Waals surface area contributed by atoms with Crippen molar-refractivity contribution in [3.05, 3.63) is 32.2 Å². The van der Waals surface area contributed by atoms with Crippen LogP contribution in [0.4, 0.5) is 0 Å². The van der Waals surface area contributed by atoms with Gasteiger partial charge in [0, 0.05) is 16.2 Å². The standard InChI is InChI=1S/C11H15BrN2O2/c1-4-6(2)13-10(15)8-5-9(12)7(3)14-11(8)16/h5-6H,4H2,1-3H3,(H,13,15)(H,14,16)/t6-/m1/s1. The van der Waals surface area contributed by atoms with Crippen molar-refractivity contribution in [2.75, 3.05) is 0 Å². The molecule has 0 aromatic carbocycles. The van der Waals surface area contributed by atoms with Crippen LogP contribution in [0.15, 0.2) is 15.3 Å². The van der Waals surface area contributed by atoms with Gasteiger partial charge in [0.25, 0.3) is 11.5 Å². The van der Waals surface area contributed by atoms with Gasteiger partial charge in [0.15, 0.2) is 0 Å². The number of pyridine rings is 1. The summed E-state index contributed by atoms with van der Waals surface area (Å²) in [5, 5.41) is 2.75. The van der Waals surface area contributed by atoms with E-state index in [9.17, 15) is 9.59 Å². The molecule has 0 fully saturated rings. The van der Waals surface area contributed by atoms with Crippen LogP contribution in [0.5, 0.6) is 0 Å². The van der Waals surface area contributed by atoms with Crippen molar-refractivity contribution in [3.8, 4) is 0 Å². The molecule has 0 saturated carbocycles. The molecule has 0 aliphatic rings. The Kier molecular flexibility index (Phi) is 4.29. The lowest BCUT2D eigenvalue weighted by Gasteiger charge is -2.11. The molecular weight excluding hydrogens is 272 g/mol. The average molecular weight is 287 g/mol. The average Bonchev–Trinajstić information content (AvgIpc) is 2.23. The van der Waals surface area contributed by atoms with Crippen LogP contribution in [-0.2, 0) is 0 Å². The van der Waals surface area contributed by atoms with E-state index in [-0.39, 0.29) is 23.1 Å². The monoisotopic (exact) mass is 286 g/mol. The van der Waals surface area contributed by atoms with Crippen molar-refractivity contribution in [2.45, 2.75) is 33.2 Å². The van der Waals surface area contributed by atoms with Crippen molar-refractivity contribution in [1.82, 2.24) is 10.3 Å². The van der Waals surface area contributed by atoms with E-state index in [1.165, 1.54) is 0 Å². The molecule has 5 heteroatoms. The smallest absolute Gasteiger partial charge is 0.261 e. The van der Waals surface area contributed by atoms with E-state index in [1.807, 2.05) is 13.8 Å². The maximum Gasteiger partial charge on any atom is 0.261 e. The summed E-state index contributed by atoms with van der Waals surface area (Å²) in [4.78, 5) is 25.9. The predicted octanol–water partition coefficient (Wildman–Crippen LogP) is 1.97. The second kappa shape index (κ2) is 5.30. The Morgan fingerprint density at radius 3 is 2.81 bits per heavy atom. The summed E-state index contributed by atoms with van der Waals surface area (Å²) in [6, 6.07) is 1.61. The Morgan fingerprint density at radius 1 is 1.62 bits per heavy atom. The fourth-order valence-electron chi connectivity index (χ4n) is 1.17. The minimum atomic E-state index is -0.360. The van der Waals surface area contributed by atoms with Crippen LogP contribution >= 0.6 is 15.9 Å². The molecule has 0 radical (unpaired) electrons. The van der Waals surface area contributed by atoms with Gasteiger partial charge in [0.05, 0.1) is 0 Å². The van der Waals surface area contributed by atoms with Gasteiger partial charge in [-0.15, -0.1) is 0 Å². The second-order valence-electron chi connectivity index (χ2n) is 3.77. The van der Waals surface area contributed by atoms with Crippen LogP contribution in [0.25, 0.3) is 0 Å². The fourth-order valence-corrected chi connectivity index (χ4v) is 1.50. The molecule has 1 rings (SSSR count). The van der Waals surface area contributed by atoms with Gasteiger partial charge in [-0.3, -0.25) is 9.59 Å². The highest BCUT2D eigenvalue weighted by molar-refractivity contribution is 9.10. The largest absolute Gasteiger partial charge is 0.349 e. The van der Waals surface area contributed by atoms with Crippen molar-refractivity contribution in [2.24, 2.45) is 0 Å². The molecule has 0 saturated heterocycles. The number of aryl methyl sites for hydroxylation is 1. The highest BCUT2D eigenvalue weighted by Crippen LogP contribution is 2.12. The number of hydrogen-bond donors (Lipinski definition) is 2. The molecule has 0 aliphatic carbocycles. The molecular formula is C11H15BrN2O2. The Hall–Kier alpha value is -1.10. The van der Waals surface area contributed by atoms with Gasteiger partial charge in [-0.1, -0.05) is 6.92 Å². The van der Waals surface area contributed by atoms with Crippen molar-refractivity contribution in [1.29, 1.82) is 0 Å².